The van der Waals surface area contributed by atoms with Gasteiger partial charge in [0.25, 0.3) is 0 Å². The van der Waals surface area contributed by atoms with Gasteiger partial charge in [-0.3, -0.25) is 24.0 Å². The highest BCUT2D eigenvalue weighted by molar-refractivity contribution is 9.11. The number of carbonyl (C=O) groups excluding carboxylic acids is 5. The number of rotatable bonds is 18. The van der Waals surface area contributed by atoms with Gasteiger partial charge in [-0.1, -0.05) is 48.5 Å². The van der Waals surface area contributed by atoms with Crippen LogP contribution in [0, 0.1) is 11.8 Å². The van der Waals surface area contributed by atoms with Crippen molar-refractivity contribution in [3.63, 3.8) is 0 Å². The maximum atomic E-state index is 13.0. The van der Waals surface area contributed by atoms with Crippen molar-refractivity contribution in [1.82, 2.24) is 14.7 Å². The Morgan fingerprint density at radius 3 is 1.21 bits per heavy atom. The number of allylic oxidation sites excluding steroid dienone is 1. The van der Waals surface area contributed by atoms with Crippen molar-refractivity contribution in [2.45, 2.75) is 138 Å². The number of ether oxygens (including phenoxy) is 4. The normalized spacial score (nSPS) is 17.9. The summed E-state index contributed by atoms with van der Waals surface area (Å²) in [4.78, 5) is 68.7. The predicted octanol–water partition coefficient (Wildman–Crippen LogP) is 21.6. The molecule has 2 unspecified atom stereocenters. The maximum absolute atomic E-state index is 13.0. The number of piperidine rings is 3. The van der Waals surface area contributed by atoms with Crippen LogP contribution in [0.15, 0.2) is 180 Å². The zero-order valence-corrected chi connectivity index (χ0v) is 74.2. The lowest BCUT2D eigenvalue weighted by Crippen LogP contribution is -2.37. The van der Waals surface area contributed by atoms with Crippen LogP contribution in [0.25, 0.3) is 6.08 Å². The SMILES string of the molecule is CN1CCC(N)CC1.COc1cc2c(cc1Br)C/C(=C\c1ccc(SC)cc1)C2=O.COc1cc2c(cc1Br)CCC2=O.COc1cc2c(cc1NC1CCN(C)CC1)CC(Cc1ccc(SC(F)(F)F)cc1)C2=O.COc1cc2c(cc1NC1CCN(C)CC1)CC(Cc1ccc(SC(F)(F)F)cc1)C2=O.O=Cc1ccc(SC(F)(F)F)cc1. The lowest BCUT2D eigenvalue weighted by molar-refractivity contribution is -0.0337. The van der Waals surface area contributed by atoms with Gasteiger partial charge in [0, 0.05) is 95.8 Å². The number of fused-ring (bicyclic) bond motifs is 4. The Kier molecular flexibility index (Phi) is 34.3. The molecule has 120 heavy (non-hydrogen) atoms. The molecule has 8 aromatic rings. The Hall–Kier alpha value is -7.78. The molecule has 0 amide bonds. The third-order valence-corrected chi connectivity index (χ3v) is 25.8. The molecule has 30 heteroatoms. The largest absolute Gasteiger partial charge is 0.496 e. The summed E-state index contributed by atoms with van der Waals surface area (Å²) in [6.07, 6.45) is 15.6. The van der Waals surface area contributed by atoms with Crippen molar-refractivity contribution in [2.24, 2.45) is 17.6 Å². The van der Waals surface area contributed by atoms with Gasteiger partial charge in [0.15, 0.2) is 23.1 Å². The van der Waals surface area contributed by atoms with Crippen LogP contribution >= 0.6 is 78.9 Å². The first-order chi connectivity index (χ1) is 57.1. The van der Waals surface area contributed by atoms with Gasteiger partial charge in [0.1, 0.15) is 29.3 Å². The zero-order chi connectivity index (χ0) is 86.8. The molecule has 0 spiro atoms. The molecule has 4 N–H and O–H groups in total. The maximum Gasteiger partial charge on any atom is 0.446 e. The summed E-state index contributed by atoms with van der Waals surface area (Å²) in [7, 11) is 12.8. The number of alkyl halides is 9. The molecule has 0 saturated carbocycles. The molecule has 8 aromatic carbocycles. The molecule has 3 fully saturated rings. The number of aldehydes is 1. The summed E-state index contributed by atoms with van der Waals surface area (Å²) in [5.74, 6) is 2.79. The lowest BCUT2D eigenvalue weighted by Gasteiger charge is -2.30. The van der Waals surface area contributed by atoms with E-state index < -0.39 is 16.5 Å². The minimum absolute atomic E-state index is 0.0675. The highest BCUT2D eigenvalue weighted by Gasteiger charge is 2.37. The number of methoxy groups -OCH3 is 4. The van der Waals surface area contributed by atoms with Crippen LogP contribution < -0.4 is 35.3 Å². The number of carbonyl (C=O) groups is 5. The van der Waals surface area contributed by atoms with Crippen LogP contribution in [-0.4, -0.2) is 174 Å². The van der Waals surface area contributed by atoms with Crippen LogP contribution in [-0.2, 0) is 38.5 Å². The number of halogens is 11. The average Bonchev–Trinajstić information content (AvgIpc) is 1.65. The molecular formula is C90H97Br2F9N6O9S4. The van der Waals surface area contributed by atoms with Crippen molar-refractivity contribution in [1.29, 1.82) is 0 Å². The number of nitrogens with one attached hydrogen (secondary N) is 2. The third-order valence-electron chi connectivity index (χ3n) is 21.6. The van der Waals surface area contributed by atoms with E-state index in [0.29, 0.717) is 96.9 Å². The number of Topliss-reactive ketones (excluding diaryl/α,β-unsaturated/α-hetero) is 4. The van der Waals surface area contributed by atoms with Crippen LogP contribution in [0.2, 0.25) is 0 Å². The van der Waals surface area contributed by atoms with E-state index in [2.05, 4.69) is 96.7 Å². The molecular weight excluding hydrogens is 1770 g/mol. The molecule has 15 nitrogen and oxygen atoms in total. The Morgan fingerprint density at radius 2 is 0.825 bits per heavy atom. The molecule has 0 radical (unpaired) electrons. The van der Waals surface area contributed by atoms with Gasteiger partial charge < -0.3 is 50.0 Å². The monoisotopic (exact) mass is 1860 g/mol. The van der Waals surface area contributed by atoms with E-state index in [1.807, 2.05) is 66.7 Å². The van der Waals surface area contributed by atoms with E-state index in [4.69, 9.17) is 24.7 Å². The van der Waals surface area contributed by atoms with Gasteiger partial charge in [0.2, 0.25) is 0 Å². The molecule has 7 aliphatic rings. The van der Waals surface area contributed by atoms with E-state index in [0.717, 1.165) is 140 Å². The van der Waals surface area contributed by atoms with Crippen LogP contribution in [0.1, 0.15) is 136 Å². The van der Waals surface area contributed by atoms with Crippen molar-refractivity contribution in [2.75, 3.05) is 106 Å². The Balaban J connectivity index is 0.000000160. The number of nitrogens with zero attached hydrogens (tertiary/aromatic N) is 3. The first-order valence-electron chi connectivity index (χ1n) is 39.1. The molecule has 0 aromatic heterocycles. The third kappa shape index (κ3) is 27.6. The zero-order valence-electron chi connectivity index (χ0n) is 67.7. The van der Waals surface area contributed by atoms with Crippen LogP contribution in [0.5, 0.6) is 23.0 Å². The summed E-state index contributed by atoms with van der Waals surface area (Å²) in [5.41, 5.74) is 5.70. The number of benzene rings is 8. The van der Waals surface area contributed by atoms with E-state index in [-0.39, 0.29) is 84.9 Å². The fraction of sp³-hybridized carbons (Fsp3) is 0.389. The van der Waals surface area contributed by atoms with Crippen molar-refractivity contribution < 1.29 is 82.4 Å². The lowest BCUT2D eigenvalue weighted by atomic mass is 9.96. The summed E-state index contributed by atoms with van der Waals surface area (Å²) in [5, 5.41) is 7.20. The van der Waals surface area contributed by atoms with Gasteiger partial charge in [-0.15, -0.1) is 11.8 Å². The second-order valence-corrected chi connectivity index (χ2v) is 36.2. The van der Waals surface area contributed by atoms with Gasteiger partial charge >= 0.3 is 16.5 Å². The number of thioether (sulfide) groups is 4. The first-order valence-corrected chi connectivity index (χ1v) is 44.3. The Labute approximate surface area is 728 Å². The molecule has 4 aliphatic carbocycles. The van der Waals surface area contributed by atoms with E-state index in [9.17, 15) is 63.5 Å². The average molecular weight is 1870 g/mol. The minimum Gasteiger partial charge on any atom is -0.496 e. The minimum atomic E-state index is -4.30. The fourth-order valence-electron chi connectivity index (χ4n) is 15.0. The van der Waals surface area contributed by atoms with Crippen molar-refractivity contribution in [3.8, 4) is 23.0 Å². The fourth-order valence-corrected chi connectivity index (χ4v) is 18.2. The van der Waals surface area contributed by atoms with E-state index in [1.165, 1.54) is 79.4 Å². The molecule has 642 valence electrons. The van der Waals surface area contributed by atoms with Gasteiger partial charge in [-0.2, -0.15) is 39.5 Å². The summed E-state index contributed by atoms with van der Waals surface area (Å²) in [6.45, 7) is 6.55. The van der Waals surface area contributed by atoms with Gasteiger partial charge in [0.05, 0.1) is 48.8 Å². The number of likely N-dealkylation sites (tertiary alicyclic amines) is 3. The summed E-state index contributed by atoms with van der Waals surface area (Å²) in [6, 6.07) is 42.6. The second kappa shape index (κ2) is 43.5. The molecule has 15 rings (SSSR count). The second-order valence-electron chi connectivity index (χ2n) is 30.2. The van der Waals surface area contributed by atoms with E-state index in [1.54, 1.807) is 64.5 Å². The van der Waals surface area contributed by atoms with Crippen molar-refractivity contribution in [3.05, 3.63) is 227 Å². The quantitative estimate of drug-likeness (QED) is 0.0319. The van der Waals surface area contributed by atoms with Crippen molar-refractivity contribution >= 4 is 126 Å². The number of ketones is 4. The predicted molar refractivity (Wildman–Crippen MR) is 468 cm³/mol. The molecule has 2 atom stereocenters. The molecule has 3 heterocycles. The number of hydrogen-bond donors (Lipinski definition) is 3. The Bertz CT molecular complexity index is 4720. The highest BCUT2D eigenvalue weighted by Crippen LogP contribution is 2.44. The highest BCUT2D eigenvalue weighted by atomic mass is 79.9. The summed E-state index contributed by atoms with van der Waals surface area (Å²) < 4.78 is 134. The van der Waals surface area contributed by atoms with Gasteiger partial charge in [-0.05, 0) is 347 Å². The van der Waals surface area contributed by atoms with Crippen LogP contribution in [0.3, 0.4) is 0 Å². The van der Waals surface area contributed by atoms with Crippen LogP contribution in [0.4, 0.5) is 50.9 Å². The molecule has 0 bridgehead atoms. The first kappa shape index (κ1) is 94.5. The topological polar surface area (TPSA) is 182 Å². The smallest absolute Gasteiger partial charge is 0.446 e. The molecule has 3 aliphatic heterocycles. The number of hydrogen-bond acceptors (Lipinski definition) is 19. The Morgan fingerprint density at radius 1 is 0.458 bits per heavy atom. The van der Waals surface area contributed by atoms with Gasteiger partial charge in [-0.25, -0.2) is 0 Å². The summed E-state index contributed by atoms with van der Waals surface area (Å²) >= 11 is 8.13. The number of anilines is 2. The standard InChI is InChI=1S/2C24H27F3N2O2S.C18H15BrO2S.C10H9BrO2.C8H5F3OS.C6H14N2/c2*1-29-9-7-18(8-10-29)28-21-13-16-12-17(23(30)20(16)14-22(21)31-2)11-15-3-5-19(6-4-15)32-24(25,26)27;1-21-17-10-15-12(9-16(17)19)8-13(18(15)20)7-11-3-5-14(22-2)6-4-11;1-13-10-5-7-6(4-8(10)11)2-3-9(7)12;9-8(10,11)13-7-3-1-6(5-12)2-4-7;1-8-4-2-6(7)3-5-8/h2*3-6,13-14,17-18,28H,7-12H2,1-2H3;3-7,9-10H,8H2,1-2H3;4-5H,2-3H2,1H3;1-5H;6H,2-5,7H2,1H3/b;;13-7+;;;. The van der Waals surface area contributed by atoms with E-state index >= 15 is 0 Å². The number of nitrogens with two attached hydrogens (primary N) is 1. The number of aryl methyl sites for hydroxylation is 1. The molecule has 3 saturated heterocycles.